The van der Waals surface area contributed by atoms with Crippen molar-refractivity contribution in [3.8, 4) is 11.5 Å². The topological polar surface area (TPSA) is 50.7 Å². The van der Waals surface area contributed by atoms with Crippen molar-refractivity contribution in [2.24, 2.45) is 0 Å². The van der Waals surface area contributed by atoms with Crippen LogP contribution in [0.3, 0.4) is 0 Å². The Kier molecular flexibility index (Phi) is 3.39. The Morgan fingerprint density at radius 2 is 2.06 bits per heavy atom. The molecule has 2 unspecified atom stereocenters. The molecule has 4 heteroatoms. The lowest BCUT2D eigenvalue weighted by Gasteiger charge is -2.30. The summed E-state index contributed by atoms with van der Waals surface area (Å²) in [4.78, 5) is 0. The van der Waals surface area contributed by atoms with Crippen LogP contribution in [-0.4, -0.2) is 37.5 Å². The van der Waals surface area contributed by atoms with E-state index in [0.717, 1.165) is 30.9 Å². The molecule has 1 aromatic rings. The van der Waals surface area contributed by atoms with Crippen LogP contribution in [-0.2, 0) is 0 Å². The van der Waals surface area contributed by atoms with Gasteiger partial charge >= 0.3 is 0 Å². The molecule has 2 aliphatic rings. The fourth-order valence-electron chi connectivity index (χ4n) is 2.76. The number of aliphatic hydroxyl groups excluding tert-OH is 1. The molecule has 3 rings (SSSR count). The van der Waals surface area contributed by atoms with Crippen LogP contribution in [0.5, 0.6) is 11.5 Å². The van der Waals surface area contributed by atoms with Gasteiger partial charge in [0.2, 0.25) is 0 Å². The summed E-state index contributed by atoms with van der Waals surface area (Å²) in [6, 6.07) is 6.44. The summed E-state index contributed by atoms with van der Waals surface area (Å²) in [7, 11) is 0. The van der Waals surface area contributed by atoms with Gasteiger partial charge in [-0.05, 0) is 43.0 Å². The van der Waals surface area contributed by atoms with Crippen LogP contribution in [0.15, 0.2) is 18.2 Å². The highest BCUT2D eigenvalue weighted by molar-refractivity contribution is 5.44. The van der Waals surface area contributed by atoms with E-state index in [1.54, 1.807) is 0 Å². The number of rotatable bonds is 2. The lowest BCUT2D eigenvalue weighted by atomic mass is 9.86. The molecule has 0 amide bonds. The third-order valence-electron chi connectivity index (χ3n) is 3.75. The van der Waals surface area contributed by atoms with E-state index >= 15 is 0 Å². The predicted octanol–water partition coefficient (Wildman–Crippen LogP) is 1.29. The van der Waals surface area contributed by atoms with Gasteiger partial charge in [0.1, 0.15) is 13.2 Å². The average molecular weight is 249 g/mol. The quantitative estimate of drug-likeness (QED) is 0.829. The van der Waals surface area contributed by atoms with Crippen LogP contribution in [0.4, 0.5) is 0 Å². The molecular weight excluding hydrogens is 230 g/mol. The fraction of sp³-hybridized carbons (Fsp3) is 0.571. The molecular formula is C14H19NO3. The molecule has 4 nitrogen and oxygen atoms in total. The second-order valence-electron chi connectivity index (χ2n) is 4.96. The Morgan fingerprint density at radius 3 is 2.89 bits per heavy atom. The van der Waals surface area contributed by atoms with E-state index in [4.69, 9.17) is 9.47 Å². The van der Waals surface area contributed by atoms with Gasteiger partial charge in [0.25, 0.3) is 0 Å². The minimum atomic E-state index is 0.209. The number of benzene rings is 1. The lowest BCUT2D eigenvalue weighted by Crippen LogP contribution is -2.39. The van der Waals surface area contributed by atoms with Crippen molar-refractivity contribution in [2.45, 2.75) is 24.8 Å². The molecule has 0 bridgehead atoms. The number of nitrogens with one attached hydrogen (secondary N) is 1. The molecule has 0 saturated carbocycles. The maximum absolute atomic E-state index is 9.24. The van der Waals surface area contributed by atoms with Crippen LogP contribution >= 0.6 is 0 Å². The predicted molar refractivity (Wildman–Crippen MR) is 68.3 cm³/mol. The normalized spacial score (nSPS) is 26.9. The van der Waals surface area contributed by atoms with E-state index < -0.39 is 0 Å². The largest absolute Gasteiger partial charge is 0.486 e. The van der Waals surface area contributed by atoms with Gasteiger partial charge in [-0.1, -0.05) is 6.07 Å². The minimum absolute atomic E-state index is 0.209. The number of hydrogen-bond donors (Lipinski definition) is 2. The maximum Gasteiger partial charge on any atom is 0.161 e. The highest BCUT2D eigenvalue weighted by Crippen LogP contribution is 2.36. The van der Waals surface area contributed by atoms with Gasteiger partial charge in [0.05, 0.1) is 6.61 Å². The molecule has 18 heavy (non-hydrogen) atoms. The molecule has 0 spiro atoms. The van der Waals surface area contributed by atoms with Crippen LogP contribution in [0, 0.1) is 0 Å². The Hall–Kier alpha value is -1.26. The van der Waals surface area contributed by atoms with Gasteiger partial charge in [0.15, 0.2) is 11.5 Å². The molecule has 1 aromatic carbocycles. The number of aliphatic hydroxyl groups is 1. The minimum Gasteiger partial charge on any atom is -0.486 e. The molecule has 0 aromatic heterocycles. The molecule has 2 atom stereocenters. The number of hydrogen-bond acceptors (Lipinski definition) is 4. The Bertz CT molecular complexity index is 422. The highest BCUT2D eigenvalue weighted by Gasteiger charge is 2.23. The first kappa shape index (κ1) is 11.8. The fourth-order valence-corrected chi connectivity index (χ4v) is 2.76. The maximum atomic E-state index is 9.24. The summed E-state index contributed by atoms with van der Waals surface area (Å²) in [6.45, 7) is 2.43. The first-order valence-electron chi connectivity index (χ1n) is 6.60. The van der Waals surface area contributed by atoms with Crippen LogP contribution in [0.1, 0.15) is 24.3 Å². The number of piperidine rings is 1. The molecule has 2 heterocycles. The van der Waals surface area contributed by atoms with Crippen LogP contribution in [0.25, 0.3) is 0 Å². The molecule has 0 radical (unpaired) electrons. The molecule has 2 aliphatic heterocycles. The summed E-state index contributed by atoms with van der Waals surface area (Å²) in [5.41, 5.74) is 1.29. The summed E-state index contributed by atoms with van der Waals surface area (Å²) in [5, 5.41) is 12.6. The van der Waals surface area contributed by atoms with Gasteiger partial charge in [0, 0.05) is 6.04 Å². The van der Waals surface area contributed by atoms with Crippen molar-refractivity contribution in [1.29, 1.82) is 0 Å². The van der Waals surface area contributed by atoms with Gasteiger partial charge < -0.3 is 19.9 Å². The summed E-state index contributed by atoms with van der Waals surface area (Å²) in [6.07, 6.45) is 2.09. The first-order valence-corrected chi connectivity index (χ1v) is 6.60. The molecule has 1 saturated heterocycles. The van der Waals surface area contributed by atoms with E-state index in [9.17, 15) is 5.11 Å². The van der Waals surface area contributed by atoms with E-state index in [2.05, 4.69) is 17.4 Å². The van der Waals surface area contributed by atoms with Crippen molar-refractivity contribution in [1.82, 2.24) is 5.32 Å². The molecule has 98 valence electrons. The van der Waals surface area contributed by atoms with E-state index in [-0.39, 0.29) is 12.6 Å². The highest BCUT2D eigenvalue weighted by atomic mass is 16.6. The monoisotopic (exact) mass is 249 g/mol. The van der Waals surface area contributed by atoms with Crippen molar-refractivity contribution in [2.75, 3.05) is 26.4 Å². The van der Waals surface area contributed by atoms with Crippen LogP contribution < -0.4 is 14.8 Å². The summed E-state index contributed by atoms with van der Waals surface area (Å²) < 4.78 is 11.1. The molecule has 2 N–H and O–H groups in total. The van der Waals surface area contributed by atoms with E-state index in [0.29, 0.717) is 19.1 Å². The van der Waals surface area contributed by atoms with Gasteiger partial charge in [-0.15, -0.1) is 0 Å². The van der Waals surface area contributed by atoms with Crippen molar-refractivity contribution in [3.63, 3.8) is 0 Å². The molecule has 1 fully saturated rings. The standard InChI is InChI=1S/C14H19NO3/c16-9-12-7-11(3-4-15-12)10-1-2-13-14(8-10)18-6-5-17-13/h1-2,8,11-12,15-16H,3-7,9H2. The van der Waals surface area contributed by atoms with Gasteiger partial charge in [-0.3, -0.25) is 0 Å². The van der Waals surface area contributed by atoms with Gasteiger partial charge in [-0.2, -0.15) is 0 Å². The van der Waals surface area contributed by atoms with E-state index in [1.807, 2.05) is 6.07 Å². The Morgan fingerprint density at radius 1 is 1.22 bits per heavy atom. The third-order valence-corrected chi connectivity index (χ3v) is 3.75. The smallest absolute Gasteiger partial charge is 0.161 e. The average Bonchev–Trinajstić information content (AvgIpc) is 2.47. The van der Waals surface area contributed by atoms with Crippen molar-refractivity contribution >= 4 is 0 Å². The summed E-state index contributed by atoms with van der Waals surface area (Å²) >= 11 is 0. The second-order valence-corrected chi connectivity index (χ2v) is 4.96. The third kappa shape index (κ3) is 2.31. The van der Waals surface area contributed by atoms with Crippen molar-refractivity contribution < 1.29 is 14.6 Å². The van der Waals surface area contributed by atoms with E-state index in [1.165, 1.54) is 5.56 Å². The summed E-state index contributed by atoms with van der Waals surface area (Å²) in [5.74, 6) is 2.20. The number of ether oxygens (including phenoxy) is 2. The van der Waals surface area contributed by atoms with Crippen molar-refractivity contribution in [3.05, 3.63) is 23.8 Å². The molecule has 0 aliphatic carbocycles. The SMILES string of the molecule is OCC1CC(c2ccc3c(c2)OCCO3)CCN1. The Balaban J connectivity index is 1.79. The van der Waals surface area contributed by atoms with Gasteiger partial charge in [-0.25, -0.2) is 0 Å². The zero-order valence-electron chi connectivity index (χ0n) is 10.4. The van der Waals surface area contributed by atoms with Crippen LogP contribution in [0.2, 0.25) is 0 Å². The zero-order chi connectivity index (χ0) is 12.4. The zero-order valence-corrected chi connectivity index (χ0v) is 10.4. The number of fused-ring (bicyclic) bond motifs is 1. The first-order chi connectivity index (χ1) is 8.86. The second kappa shape index (κ2) is 5.16. The Labute approximate surface area is 107 Å². The lowest BCUT2D eigenvalue weighted by molar-refractivity contribution is 0.171.